The number of halogens is 1. The van der Waals surface area contributed by atoms with Crippen molar-refractivity contribution < 1.29 is 18.0 Å². The van der Waals surface area contributed by atoms with Gasteiger partial charge in [-0.15, -0.1) is 0 Å². The molecule has 1 atom stereocenters. The van der Waals surface area contributed by atoms with Crippen LogP contribution in [-0.4, -0.2) is 50.7 Å². The molecule has 0 saturated heterocycles. The molecule has 0 aliphatic heterocycles. The molecule has 1 unspecified atom stereocenters. The van der Waals surface area contributed by atoms with Gasteiger partial charge in [-0.2, -0.15) is 0 Å². The predicted octanol–water partition coefficient (Wildman–Crippen LogP) is 2.21. The second-order valence-electron chi connectivity index (χ2n) is 7.43. The Balaban J connectivity index is 1.85. The summed E-state index contributed by atoms with van der Waals surface area (Å²) in [6.45, 7) is 0. The largest absolute Gasteiger partial charge is 0.352 e. The number of sulfonamides is 1. The molecule has 1 aliphatic rings. The highest BCUT2D eigenvalue weighted by Gasteiger charge is 2.29. The standard InChI is InChI=1S/C21H24ClN3O4S/c1-25(2)30(28,29)16-10-11-18(22)17(13-16)20(26)24-19(21(27)23-15-8-9-15)12-14-6-4-3-5-7-14/h3-7,10-11,13,15,19H,8-9,12H2,1-2H3,(H,23,27)(H,24,26). The van der Waals surface area contributed by atoms with Crippen LogP contribution < -0.4 is 10.6 Å². The average Bonchev–Trinajstić information content (AvgIpc) is 3.52. The van der Waals surface area contributed by atoms with Crippen LogP contribution in [0, 0.1) is 0 Å². The molecule has 30 heavy (non-hydrogen) atoms. The molecule has 160 valence electrons. The lowest BCUT2D eigenvalue weighted by Crippen LogP contribution is -2.48. The minimum atomic E-state index is -3.74. The van der Waals surface area contributed by atoms with E-state index in [1.807, 2.05) is 30.3 Å². The van der Waals surface area contributed by atoms with Crippen molar-refractivity contribution in [1.29, 1.82) is 0 Å². The summed E-state index contributed by atoms with van der Waals surface area (Å²) in [6, 6.07) is 12.6. The summed E-state index contributed by atoms with van der Waals surface area (Å²) in [5, 5.41) is 5.73. The quantitative estimate of drug-likeness (QED) is 0.645. The summed E-state index contributed by atoms with van der Waals surface area (Å²) in [5.41, 5.74) is 0.889. The number of amides is 2. The van der Waals surface area contributed by atoms with Crippen LogP contribution in [0.1, 0.15) is 28.8 Å². The Morgan fingerprint density at radius 3 is 2.40 bits per heavy atom. The Bertz CT molecular complexity index is 1040. The third-order valence-corrected chi connectivity index (χ3v) is 6.93. The van der Waals surface area contributed by atoms with Crippen molar-refractivity contribution in [2.24, 2.45) is 0 Å². The summed E-state index contributed by atoms with van der Waals surface area (Å²) in [7, 11) is -0.926. The van der Waals surface area contributed by atoms with Crippen LogP contribution in [0.5, 0.6) is 0 Å². The molecule has 0 spiro atoms. The zero-order chi connectivity index (χ0) is 21.9. The maximum Gasteiger partial charge on any atom is 0.253 e. The van der Waals surface area contributed by atoms with Crippen molar-refractivity contribution in [3.63, 3.8) is 0 Å². The summed E-state index contributed by atoms with van der Waals surface area (Å²) in [4.78, 5) is 25.6. The molecule has 0 aromatic heterocycles. The van der Waals surface area contributed by atoms with Crippen LogP contribution in [0.3, 0.4) is 0 Å². The molecule has 1 saturated carbocycles. The average molecular weight is 450 g/mol. The number of hydrogen-bond donors (Lipinski definition) is 2. The minimum Gasteiger partial charge on any atom is -0.352 e. The Labute approximate surface area is 181 Å². The second-order valence-corrected chi connectivity index (χ2v) is 9.99. The highest BCUT2D eigenvalue weighted by Crippen LogP contribution is 2.23. The number of benzene rings is 2. The zero-order valence-corrected chi connectivity index (χ0v) is 18.3. The summed E-state index contributed by atoms with van der Waals surface area (Å²) in [6.07, 6.45) is 2.15. The van der Waals surface area contributed by atoms with Crippen molar-refractivity contribution >= 4 is 33.4 Å². The smallest absolute Gasteiger partial charge is 0.253 e. The molecule has 2 N–H and O–H groups in total. The summed E-state index contributed by atoms with van der Waals surface area (Å²) >= 11 is 6.17. The van der Waals surface area contributed by atoms with Gasteiger partial charge in [0.05, 0.1) is 15.5 Å². The van der Waals surface area contributed by atoms with Crippen molar-refractivity contribution in [3.8, 4) is 0 Å². The van der Waals surface area contributed by atoms with E-state index in [1.54, 1.807) is 0 Å². The molecule has 0 heterocycles. The lowest BCUT2D eigenvalue weighted by Gasteiger charge is -2.19. The number of rotatable bonds is 8. The minimum absolute atomic E-state index is 0.00289. The van der Waals surface area contributed by atoms with Crippen LogP contribution in [-0.2, 0) is 21.2 Å². The van der Waals surface area contributed by atoms with Gasteiger partial charge in [0.15, 0.2) is 0 Å². The first kappa shape index (κ1) is 22.3. The first-order valence-corrected chi connectivity index (χ1v) is 11.4. The van der Waals surface area contributed by atoms with Gasteiger partial charge in [-0.1, -0.05) is 41.9 Å². The number of hydrogen-bond acceptors (Lipinski definition) is 4. The van der Waals surface area contributed by atoms with Crippen molar-refractivity contribution in [2.75, 3.05) is 14.1 Å². The molecule has 0 bridgehead atoms. The normalized spacial score (nSPS) is 14.9. The van der Waals surface area contributed by atoms with E-state index in [9.17, 15) is 18.0 Å². The van der Waals surface area contributed by atoms with Gasteiger partial charge in [0.2, 0.25) is 15.9 Å². The molecule has 2 aromatic carbocycles. The van der Waals surface area contributed by atoms with E-state index in [2.05, 4.69) is 10.6 Å². The van der Waals surface area contributed by atoms with Gasteiger partial charge in [-0.3, -0.25) is 9.59 Å². The van der Waals surface area contributed by atoms with E-state index >= 15 is 0 Å². The van der Waals surface area contributed by atoms with Crippen LogP contribution in [0.4, 0.5) is 0 Å². The van der Waals surface area contributed by atoms with Crippen LogP contribution in [0.25, 0.3) is 0 Å². The number of nitrogens with zero attached hydrogens (tertiary/aromatic N) is 1. The number of carbonyl (C=O) groups excluding carboxylic acids is 2. The van der Waals surface area contributed by atoms with Crippen molar-refractivity contribution in [2.45, 2.75) is 36.2 Å². The predicted molar refractivity (Wildman–Crippen MR) is 115 cm³/mol. The number of carbonyl (C=O) groups is 2. The Morgan fingerprint density at radius 2 is 1.80 bits per heavy atom. The van der Waals surface area contributed by atoms with Gasteiger partial charge in [0, 0.05) is 26.6 Å². The first-order chi connectivity index (χ1) is 14.2. The van der Waals surface area contributed by atoms with E-state index in [-0.39, 0.29) is 27.4 Å². The Kier molecular flexibility index (Phi) is 6.80. The molecule has 7 nitrogen and oxygen atoms in total. The molecule has 2 amide bonds. The van der Waals surface area contributed by atoms with Crippen LogP contribution in [0.15, 0.2) is 53.4 Å². The van der Waals surface area contributed by atoms with Gasteiger partial charge < -0.3 is 10.6 Å². The van der Waals surface area contributed by atoms with Gasteiger partial charge in [0.1, 0.15) is 6.04 Å². The fourth-order valence-corrected chi connectivity index (χ4v) is 4.01. The number of nitrogens with one attached hydrogen (secondary N) is 2. The summed E-state index contributed by atoms with van der Waals surface area (Å²) in [5.74, 6) is -0.884. The Morgan fingerprint density at radius 1 is 1.13 bits per heavy atom. The molecule has 0 radical (unpaired) electrons. The highest BCUT2D eigenvalue weighted by molar-refractivity contribution is 7.89. The van der Waals surface area contributed by atoms with E-state index in [4.69, 9.17) is 11.6 Å². The van der Waals surface area contributed by atoms with Gasteiger partial charge in [-0.05, 0) is 36.6 Å². The molecule has 1 aliphatic carbocycles. The maximum atomic E-state index is 12.9. The van der Waals surface area contributed by atoms with Gasteiger partial charge in [0.25, 0.3) is 5.91 Å². The summed E-state index contributed by atoms with van der Waals surface area (Å²) < 4.78 is 25.9. The third kappa shape index (κ3) is 5.38. The molecule has 1 fully saturated rings. The lowest BCUT2D eigenvalue weighted by molar-refractivity contribution is -0.123. The molecule has 3 rings (SSSR count). The third-order valence-electron chi connectivity index (χ3n) is 4.79. The van der Waals surface area contributed by atoms with E-state index in [0.717, 1.165) is 22.7 Å². The SMILES string of the molecule is CN(C)S(=O)(=O)c1ccc(Cl)c(C(=O)NC(Cc2ccccc2)C(=O)NC2CC2)c1. The van der Waals surface area contributed by atoms with Gasteiger partial charge in [-0.25, -0.2) is 12.7 Å². The van der Waals surface area contributed by atoms with Crippen molar-refractivity contribution in [1.82, 2.24) is 14.9 Å². The van der Waals surface area contributed by atoms with E-state index in [0.29, 0.717) is 6.42 Å². The lowest BCUT2D eigenvalue weighted by atomic mass is 10.0. The first-order valence-electron chi connectivity index (χ1n) is 9.55. The van der Waals surface area contributed by atoms with Crippen molar-refractivity contribution in [3.05, 3.63) is 64.7 Å². The highest BCUT2D eigenvalue weighted by atomic mass is 35.5. The Hall–Kier alpha value is -2.42. The van der Waals surface area contributed by atoms with Gasteiger partial charge >= 0.3 is 0 Å². The maximum absolute atomic E-state index is 12.9. The van der Waals surface area contributed by atoms with Crippen LogP contribution in [0.2, 0.25) is 5.02 Å². The van der Waals surface area contributed by atoms with E-state index < -0.39 is 22.0 Å². The van der Waals surface area contributed by atoms with Crippen LogP contribution >= 0.6 is 11.6 Å². The molecular formula is C21H24ClN3O4S. The molecule has 9 heteroatoms. The fraction of sp³-hybridized carbons (Fsp3) is 0.333. The second kappa shape index (κ2) is 9.16. The van der Waals surface area contributed by atoms with E-state index in [1.165, 1.54) is 32.3 Å². The monoisotopic (exact) mass is 449 g/mol. The molecule has 2 aromatic rings. The zero-order valence-electron chi connectivity index (χ0n) is 16.8. The fourth-order valence-electron chi connectivity index (χ4n) is 2.87. The molecular weight excluding hydrogens is 426 g/mol. The topological polar surface area (TPSA) is 95.6 Å².